The van der Waals surface area contributed by atoms with Crippen molar-refractivity contribution < 1.29 is 119 Å². The van der Waals surface area contributed by atoms with Crippen LogP contribution in [0.4, 0.5) is 0 Å². The van der Waals surface area contributed by atoms with E-state index in [1.54, 1.807) is 6.92 Å². The van der Waals surface area contributed by atoms with E-state index in [1.807, 2.05) is 20.8 Å². The van der Waals surface area contributed by atoms with Crippen LogP contribution in [-0.2, 0) is 47.4 Å². The summed E-state index contributed by atoms with van der Waals surface area (Å²) in [5.41, 5.74) is -0.807. The molecule has 6 aliphatic heterocycles. The molecule has 74 heavy (non-hydrogen) atoms. The molecule has 10 aliphatic rings. The number of allylic oxidation sites excluding steroid dienone is 1. The molecule has 0 aromatic heterocycles. The molecule has 1 spiro atoms. The van der Waals surface area contributed by atoms with Crippen molar-refractivity contribution in [2.75, 3.05) is 19.8 Å². The topological polar surface area (TPSA) is 376 Å². The SMILES string of the molecule is CC1COC2(OC3CC4C5CC=C6CC(O)CC(OC7OC(CO)C(O)C(OC8OCC(O)C(O)C8O)C7OC7OC(C)C(O)C(O)C7O)C6(C)C5CC(O)C4(C)C3C2C)C(O)C1OC1OC(C)C(O)C(O)C1O. The van der Waals surface area contributed by atoms with Gasteiger partial charge in [-0.3, -0.25) is 0 Å². The molecule has 3 saturated carbocycles. The van der Waals surface area contributed by atoms with E-state index in [-0.39, 0.29) is 43.1 Å². The predicted molar refractivity (Wildman–Crippen MR) is 245 cm³/mol. The second-order valence-corrected chi connectivity index (χ2v) is 23.8. The Kier molecular flexibility index (Phi) is 15.7. The molecule has 34 atom stereocenters. The van der Waals surface area contributed by atoms with Crippen LogP contribution < -0.4 is 0 Å². The molecule has 0 bridgehead atoms. The molecule has 24 nitrogen and oxygen atoms in total. The third-order valence-electron chi connectivity index (χ3n) is 19.7. The first-order valence-corrected chi connectivity index (χ1v) is 26.6. The monoisotopic (exact) mass is 1060 g/mol. The van der Waals surface area contributed by atoms with Gasteiger partial charge in [-0.05, 0) is 57.3 Å². The summed E-state index contributed by atoms with van der Waals surface area (Å²) < 4.78 is 62.6. The Morgan fingerprint density at radius 1 is 0.608 bits per heavy atom. The van der Waals surface area contributed by atoms with Crippen LogP contribution in [-0.4, -0.2) is 250 Å². The predicted octanol–water partition coefficient (Wildman–Crippen LogP) is -4.41. The number of hydrogen-bond donors (Lipinski definition) is 14. The number of fused-ring (bicyclic) bond motifs is 7. The van der Waals surface area contributed by atoms with E-state index in [4.69, 9.17) is 47.4 Å². The lowest BCUT2D eigenvalue weighted by molar-refractivity contribution is -0.393. The van der Waals surface area contributed by atoms with Gasteiger partial charge in [-0.1, -0.05) is 39.3 Å². The molecular formula is C50H80O24. The van der Waals surface area contributed by atoms with Crippen molar-refractivity contribution in [2.24, 2.45) is 46.3 Å². The van der Waals surface area contributed by atoms with E-state index in [0.717, 1.165) is 5.57 Å². The fraction of sp³-hybridized carbons (Fsp3) is 0.960. The molecule has 0 aromatic carbocycles. The highest BCUT2D eigenvalue weighted by molar-refractivity contribution is 5.30. The number of aliphatic hydroxyl groups is 14. The number of aliphatic hydroxyl groups excluding tert-OH is 14. The Bertz CT molecular complexity index is 2010. The molecule has 4 aliphatic carbocycles. The first kappa shape index (κ1) is 56.1. The lowest BCUT2D eigenvalue weighted by atomic mass is 9.45. The Labute approximate surface area is 428 Å². The highest BCUT2D eigenvalue weighted by Gasteiger charge is 2.74. The van der Waals surface area contributed by atoms with Gasteiger partial charge in [-0.2, -0.15) is 0 Å². The lowest BCUT2D eigenvalue weighted by Crippen LogP contribution is -2.67. The van der Waals surface area contributed by atoms with E-state index in [9.17, 15) is 71.5 Å². The largest absolute Gasteiger partial charge is 0.394 e. The zero-order valence-electron chi connectivity index (χ0n) is 42.5. The summed E-state index contributed by atoms with van der Waals surface area (Å²) in [6.07, 6.45) is -31.2. The van der Waals surface area contributed by atoms with Crippen LogP contribution >= 0.6 is 0 Å². The van der Waals surface area contributed by atoms with Crippen molar-refractivity contribution in [3.63, 3.8) is 0 Å². The normalized spacial score (nSPS) is 59.6. The third-order valence-corrected chi connectivity index (χ3v) is 19.7. The Balaban J connectivity index is 0.927. The smallest absolute Gasteiger partial charge is 0.200 e. The second-order valence-electron chi connectivity index (χ2n) is 23.8. The van der Waals surface area contributed by atoms with Crippen LogP contribution in [0.15, 0.2) is 11.6 Å². The van der Waals surface area contributed by atoms with E-state index in [1.165, 1.54) is 6.92 Å². The Morgan fingerprint density at radius 3 is 1.85 bits per heavy atom. The van der Waals surface area contributed by atoms with Crippen molar-refractivity contribution in [3.8, 4) is 0 Å². The zero-order chi connectivity index (χ0) is 53.4. The molecule has 14 N–H and O–H groups in total. The van der Waals surface area contributed by atoms with Gasteiger partial charge in [0, 0.05) is 35.0 Å². The van der Waals surface area contributed by atoms with Crippen LogP contribution in [0, 0.1) is 46.3 Å². The maximum absolute atomic E-state index is 12.8. The summed E-state index contributed by atoms with van der Waals surface area (Å²) in [4.78, 5) is 0. The van der Waals surface area contributed by atoms with Crippen molar-refractivity contribution in [1.29, 1.82) is 0 Å². The Hall–Kier alpha value is -1.22. The van der Waals surface area contributed by atoms with Crippen LogP contribution in [0.1, 0.15) is 73.6 Å². The molecule has 0 amide bonds. The highest BCUT2D eigenvalue weighted by Crippen LogP contribution is 2.71. The minimum Gasteiger partial charge on any atom is -0.394 e. The molecule has 9 fully saturated rings. The van der Waals surface area contributed by atoms with Crippen molar-refractivity contribution in [1.82, 2.24) is 0 Å². The minimum atomic E-state index is -1.86. The second kappa shape index (κ2) is 20.7. The summed E-state index contributed by atoms with van der Waals surface area (Å²) in [5.74, 6) is -3.28. The standard InChI is InChI=1S/C50H80O24/c1-16-14-66-50(43(64)40(16)71-45-38(62)35(59)31(55)18(3)67-45)17(2)30-26(74-50)11-23-22-8-7-20-9-21(52)10-29(48(20,5)24(22)12-28(54)49(23,30)6)70-47-42(73-46-39(63)36(60)32(56)19(4)68-46)41(34(58)27(13-51)69-47)72-44-37(61)33(57)25(53)15-65-44/h7,16-19,21-47,51-64H,8-15H2,1-6H3. The van der Waals surface area contributed by atoms with Gasteiger partial charge in [0.05, 0.1) is 62.5 Å². The zero-order valence-corrected chi connectivity index (χ0v) is 42.5. The van der Waals surface area contributed by atoms with Crippen LogP contribution in [0.3, 0.4) is 0 Å². The van der Waals surface area contributed by atoms with Gasteiger partial charge in [-0.15, -0.1) is 0 Å². The summed E-state index contributed by atoms with van der Waals surface area (Å²) in [6.45, 7) is 9.69. The quantitative estimate of drug-likeness (QED) is 0.0970. The average Bonchev–Trinajstić information content (AvgIpc) is 3.83. The van der Waals surface area contributed by atoms with Crippen LogP contribution in [0.25, 0.3) is 0 Å². The van der Waals surface area contributed by atoms with Crippen molar-refractivity contribution >= 4 is 0 Å². The minimum absolute atomic E-state index is 0.0464. The number of ether oxygens (including phenoxy) is 10. The van der Waals surface area contributed by atoms with Crippen molar-refractivity contribution in [2.45, 2.75) is 233 Å². The maximum Gasteiger partial charge on any atom is 0.200 e. The molecule has 0 radical (unpaired) electrons. The van der Waals surface area contributed by atoms with Gasteiger partial charge in [-0.25, -0.2) is 0 Å². The average molecular weight is 1070 g/mol. The molecule has 0 aromatic rings. The molecule has 424 valence electrons. The maximum atomic E-state index is 12.8. The van der Waals surface area contributed by atoms with Gasteiger partial charge < -0.3 is 119 Å². The van der Waals surface area contributed by atoms with E-state index in [0.29, 0.717) is 19.3 Å². The number of hydrogen-bond acceptors (Lipinski definition) is 24. The summed E-state index contributed by atoms with van der Waals surface area (Å²) in [6, 6.07) is 0. The number of rotatable bonds is 9. The third kappa shape index (κ3) is 8.81. The van der Waals surface area contributed by atoms with Gasteiger partial charge in [0.25, 0.3) is 0 Å². The van der Waals surface area contributed by atoms with E-state index >= 15 is 0 Å². The van der Waals surface area contributed by atoms with E-state index < -0.39 is 195 Å². The van der Waals surface area contributed by atoms with E-state index in [2.05, 4.69) is 13.0 Å². The van der Waals surface area contributed by atoms with Gasteiger partial charge in [0.1, 0.15) is 85.5 Å². The molecule has 24 heteroatoms. The molecular weight excluding hydrogens is 985 g/mol. The van der Waals surface area contributed by atoms with Gasteiger partial charge in [0.15, 0.2) is 30.9 Å². The molecule has 6 saturated heterocycles. The molecule has 10 rings (SSSR count). The summed E-state index contributed by atoms with van der Waals surface area (Å²) >= 11 is 0. The first-order valence-electron chi connectivity index (χ1n) is 26.6. The van der Waals surface area contributed by atoms with Gasteiger partial charge in [0.2, 0.25) is 0 Å². The van der Waals surface area contributed by atoms with Gasteiger partial charge >= 0.3 is 0 Å². The molecule has 34 unspecified atom stereocenters. The fourth-order valence-electron chi connectivity index (χ4n) is 15.4. The van der Waals surface area contributed by atoms with Crippen LogP contribution in [0.5, 0.6) is 0 Å². The summed E-state index contributed by atoms with van der Waals surface area (Å²) in [7, 11) is 0. The highest BCUT2D eigenvalue weighted by atomic mass is 16.8. The van der Waals surface area contributed by atoms with Crippen LogP contribution in [0.2, 0.25) is 0 Å². The lowest BCUT2D eigenvalue weighted by Gasteiger charge is -2.62. The molecule has 6 heterocycles. The summed E-state index contributed by atoms with van der Waals surface area (Å²) in [5, 5.41) is 155. The fourth-order valence-corrected chi connectivity index (χ4v) is 15.4. The first-order chi connectivity index (χ1) is 34.9. The van der Waals surface area contributed by atoms with Crippen molar-refractivity contribution in [3.05, 3.63) is 11.6 Å². The Morgan fingerprint density at radius 2 is 1.22 bits per heavy atom.